The molecule has 0 radical (unpaired) electrons. The summed E-state index contributed by atoms with van der Waals surface area (Å²) in [5.41, 5.74) is -2.08. The zero-order chi connectivity index (χ0) is 28.6. The zero-order valence-electron chi connectivity index (χ0n) is 19.2. The number of benzene rings is 2. The van der Waals surface area contributed by atoms with Crippen molar-refractivity contribution >= 4 is 46.4 Å². The lowest BCUT2D eigenvalue weighted by Crippen LogP contribution is -2.25. The Hall–Kier alpha value is -2.64. The molecule has 0 aliphatic heterocycles. The Kier molecular flexibility index (Phi) is 8.54. The van der Waals surface area contributed by atoms with Crippen LogP contribution in [0.5, 0.6) is 0 Å². The lowest BCUT2D eigenvalue weighted by atomic mass is 10.0. The summed E-state index contributed by atoms with van der Waals surface area (Å²) < 4.78 is 106. The van der Waals surface area contributed by atoms with E-state index in [1.807, 2.05) is 0 Å². The third-order valence-electron chi connectivity index (χ3n) is 5.63. The standard InChI is InChI=1S/C23H18Cl2F8N2O3/c1-2-11-15(6-5-14(27)19(11)35-16(36)8-38-9-21(28,29)30)34-20(37)18-17(22(18,24)25)10-3-4-13(26)12(7-10)23(31,32)33/h3-7,17-18H,2,8-9H2,1H3,(H,34,37)(H,35,36). The summed E-state index contributed by atoms with van der Waals surface area (Å²) in [6, 6.07) is 4.12. The van der Waals surface area contributed by atoms with Crippen LogP contribution in [0.4, 0.5) is 46.5 Å². The first-order chi connectivity index (χ1) is 17.5. The van der Waals surface area contributed by atoms with E-state index in [0.717, 1.165) is 18.2 Å². The molecule has 5 nitrogen and oxygen atoms in total. The molecule has 1 aliphatic carbocycles. The largest absolute Gasteiger partial charge is 0.419 e. The molecule has 2 unspecified atom stereocenters. The maximum Gasteiger partial charge on any atom is 0.419 e. The van der Waals surface area contributed by atoms with Crippen molar-refractivity contribution in [3.05, 3.63) is 58.7 Å². The molecule has 0 heterocycles. The summed E-state index contributed by atoms with van der Waals surface area (Å²) in [5.74, 6) is -6.84. The molecular weight excluding hydrogens is 575 g/mol. The SMILES string of the molecule is CCc1c(NC(=O)C2C(c3ccc(F)c(C(F)(F)F)c3)C2(Cl)Cl)ccc(F)c1NC(=O)COCC(F)(F)F. The molecule has 0 saturated heterocycles. The van der Waals surface area contributed by atoms with Crippen LogP contribution in [0.15, 0.2) is 30.3 Å². The highest BCUT2D eigenvalue weighted by molar-refractivity contribution is 6.53. The minimum Gasteiger partial charge on any atom is -0.362 e. The molecule has 0 aromatic heterocycles. The van der Waals surface area contributed by atoms with Gasteiger partial charge in [0.15, 0.2) is 0 Å². The van der Waals surface area contributed by atoms with Gasteiger partial charge in [-0.25, -0.2) is 8.78 Å². The molecule has 1 saturated carbocycles. The number of ether oxygens (including phenoxy) is 1. The molecule has 3 rings (SSSR count). The smallest absolute Gasteiger partial charge is 0.362 e. The van der Waals surface area contributed by atoms with Crippen molar-refractivity contribution in [2.75, 3.05) is 23.8 Å². The van der Waals surface area contributed by atoms with Gasteiger partial charge in [0.05, 0.1) is 17.2 Å². The molecular formula is C23H18Cl2F8N2O3. The Morgan fingerprint density at radius 1 is 1.00 bits per heavy atom. The Morgan fingerprint density at radius 2 is 1.63 bits per heavy atom. The van der Waals surface area contributed by atoms with Crippen LogP contribution in [0.1, 0.15) is 29.5 Å². The first-order valence-electron chi connectivity index (χ1n) is 10.8. The van der Waals surface area contributed by atoms with Crippen molar-refractivity contribution < 1.29 is 49.4 Å². The predicted molar refractivity (Wildman–Crippen MR) is 122 cm³/mol. The molecule has 2 amide bonds. The molecule has 15 heteroatoms. The number of rotatable bonds is 8. The molecule has 0 bridgehead atoms. The first-order valence-corrected chi connectivity index (χ1v) is 11.5. The number of hydrogen-bond acceptors (Lipinski definition) is 3. The minimum atomic E-state index is -5.00. The summed E-state index contributed by atoms with van der Waals surface area (Å²) in [6.07, 6.45) is -9.65. The third kappa shape index (κ3) is 6.67. The van der Waals surface area contributed by atoms with Crippen molar-refractivity contribution in [2.45, 2.75) is 35.9 Å². The predicted octanol–water partition coefficient (Wildman–Crippen LogP) is 6.59. The summed E-state index contributed by atoms with van der Waals surface area (Å²) in [7, 11) is 0. The van der Waals surface area contributed by atoms with Crippen LogP contribution >= 0.6 is 23.2 Å². The first kappa shape index (κ1) is 29.9. The van der Waals surface area contributed by atoms with Crippen LogP contribution in [-0.4, -0.2) is 35.5 Å². The summed E-state index contributed by atoms with van der Waals surface area (Å²) in [5, 5.41) is 4.54. The van der Waals surface area contributed by atoms with E-state index >= 15 is 0 Å². The second kappa shape index (κ2) is 10.9. The average Bonchev–Trinajstić information content (AvgIpc) is 3.36. The van der Waals surface area contributed by atoms with E-state index < -0.39 is 76.4 Å². The topological polar surface area (TPSA) is 67.4 Å². The average molecular weight is 593 g/mol. The Bertz CT molecular complexity index is 1230. The van der Waals surface area contributed by atoms with Gasteiger partial charge in [0.25, 0.3) is 0 Å². The number of carbonyl (C=O) groups excluding carboxylic acids is 2. The Labute approximate surface area is 220 Å². The Morgan fingerprint density at radius 3 is 2.21 bits per heavy atom. The van der Waals surface area contributed by atoms with Gasteiger partial charge in [0, 0.05) is 17.2 Å². The highest BCUT2D eigenvalue weighted by atomic mass is 35.5. The van der Waals surface area contributed by atoms with Gasteiger partial charge >= 0.3 is 12.4 Å². The summed E-state index contributed by atoms with van der Waals surface area (Å²) in [4.78, 5) is 24.9. The number of carbonyl (C=O) groups is 2. The molecule has 208 valence electrons. The van der Waals surface area contributed by atoms with Gasteiger partial charge in [-0.05, 0) is 36.2 Å². The second-order valence-corrected chi connectivity index (χ2v) is 9.76. The van der Waals surface area contributed by atoms with Gasteiger partial charge in [-0.3, -0.25) is 9.59 Å². The van der Waals surface area contributed by atoms with Gasteiger partial charge in [0.2, 0.25) is 11.8 Å². The van der Waals surface area contributed by atoms with E-state index in [0.29, 0.717) is 12.1 Å². The Balaban J connectivity index is 1.79. The fraction of sp³-hybridized carbons (Fsp3) is 0.391. The number of nitrogens with one attached hydrogen (secondary N) is 2. The molecule has 1 fully saturated rings. The van der Waals surface area contributed by atoms with Crippen molar-refractivity contribution in [1.82, 2.24) is 0 Å². The maximum absolute atomic E-state index is 14.5. The lowest BCUT2D eigenvalue weighted by molar-refractivity contribution is -0.174. The lowest BCUT2D eigenvalue weighted by Gasteiger charge is -2.16. The van der Waals surface area contributed by atoms with E-state index in [9.17, 15) is 44.7 Å². The van der Waals surface area contributed by atoms with E-state index in [-0.39, 0.29) is 23.2 Å². The fourth-order valence-corrected chi connectivity index (χ4v) is 4.73. The van der Waals surface area contributed by atoms with Crippen molar-refractivity contribution in [3.8, 4) is 0 Å². The van der Waals surface area contributed by atoms with E-state index in [4.69, 9.17) is 23.2 Å². The van der Waals surface area contributed by atoms with Crippen LogP contribution in [0.2, 0.25) is 0 Å². The van der Waals surface area contributed by atoms with Crippen molar-refractivity contribution in [1.29, 1.82) is 0 Å². The number of anilines is 2. The van der Waals surface area contributed by atoms with Gasteiger partial charge in [0.1, 0.15) is 29.2 Å². The highest BCUT2D eigenvalue weighted by Gasteiger charge is 2.67. The third-order valence-corrected chi connectivity index (χ3v) is 6.57. The highest BCUT2D eigenvalue weighted by Crippen LogP contribution is 2.65. The van der Waals surface area contributed by atoms with E-state index in [1.54, 1.807) is 0 Å². The van der Waals surface area contributed by atoms with Crippen LogP contribution in [-0.2, 0) is 26.9 Å². The summed E-state index contributed by atoms with van der Waals surface area (Å²) in [6.45, 7) is -1.19. The monoisotopic (exact) mass is 592 g/mol. The molecule has 2 N–H and O–H groups in total. The van der Waals surface area contributed by atoms with Gasteiger partial charge in [-0.1, -0.05) is 13.0 Å². The van der Waals surface area contributed by atoms with Gasteiger partial charge in [-0.2, -0.15) is 26.3 Å². The van der Waals surface area contributed by atoms with Crippen LogP contribution in [0.3, 0.4) is 0 Å². The van der Waals surface area contributed by atoms with Crippen molar-refractivity contribution in [3.63, 3.8) is 0 Å². The zero-order valence-corrected chi connectivity index (χ0v) is 20.7. The molecule has 0 spiro atoms. The van der Waals surface area contributed by atoms with Gasteiger partial charge in [-0.15, -0.1) is 23.2 Å². The number of amides is 2. The van der Waals surface area contributed by atoms with E-state index in [1.165, 1.54) is 6.92 Å². The fourth-order valence-electron chi connectivity index (χ4n) is 3.91. The molecule has 2 aromatic carbocycles. The van der Waals surface area contributed by atoms with Crippen LogP contribution in [0.25, 0.3) is 0 Å². The molecule has 2 aromatic rings. The number of hydrogen-bond donors (Lipinski definition) is 2. The number of alkyl halides is 8. The minimum absolute atomic E-state index is 0.0183. The van der Waals surface area contributed by atoms with E-state index in [2.05, 4.69) is 15.4 Å². The molecule has 2 atom stereocenters. The van der Waals surface area contributed by atoms with Crippen LogP contribution < -0.4 is 10.6 Å². The number of halogens is 10. The van der Waals surface area contributed by atoms with Gasteiger partial charge < -0.3 is 15.4 Å². The quantitative estimate of drug-likeness (QED) is 0.268. The molecule has 38 heavy (non-hydrogen) atoms. The van der Waals surface area contributed by atoms with Crippen molar-refractivity contribution in [2.24, 2.45) is 5.92 Å². The summed E-state index contributed by atoms with van der Waals surface area (Å²) >= 11 is 12.3. The maximum atomic E-state index is 14.5. The molecule has 1 aliphatic rings. The second-order valence-electron chi connectivity index (χ2n) is 8.31. The van der Waals surface area contributed by atoms with Crippen LogP contribution in [0, 0.1) is 17.6 Å². The normalized spacial score (nSPS) is 18.7.